The summed E-state index contributed by atoms with van der Waals surface area (Å²) in [5.74, 6) is -0.215. The number of anilines is 1. The summed E-state index contributed by atoms with van der Waals surface area (Å²) in [6.07, 6.45) is 0.992. The second-order valence-corrected chi connectivity index (χ2v) is 5.07. The van der Waals surface area contributed by atoms with E-state index in [2.05, 4.69) is 21.2 Å². The molecule has 20 heavy (non-hydrogen) atoms. The molecule has 0 saturated carbocycles. The van der Waals surface area contributed by atoms with E-state index in [0.29, 0.717) is 36.0 Å². The first-order valence-electron chi connectivity index (χ1n) is 6.29. The van der Waals surface area contributed by atoms with Gasteiger partial charge in [-0.15, -0.1) is 0 Å². The molecular weight excluding hydrogens is 328 g/mol. The number of hydrogen-bond donors (Lipinski definition) is 1. The summed E-state index contributed by atoms with van der Waals surface area (Å²) in [5.41, 5.74) is 1.44. The molecule has 7 heteroatoms. The minimum Gasteiger partial charge on any atom is -0.466 e. The molecule has 0 aliphatic carbocycles. The lowest BCUT2D eigenvalue weighted by Crippen LogP contribution is -2.08. The van der Waals surface area contributed by atoms with Crippen LogP contribution in [0.3, 0.4) is 0 Å². The van der Waals surface area contributed by atoms with Gasteiger partial charge >= 0.3 is 5.97 Å². The van der Waals surface area contributed by atoms with Gasteiger partial charge in [-0.1, -0.05) is 0 Å². The van der Waals surface area contributed by atoms with Crippen LogP contribution in [0.25, 0.3) is 0 Å². The Labute approximate surface area is 125 Å². The summed E-state index contributed by atoms with van der Waals surface area (Å²) in [4.78, 5) is 21.5. The van der Waals surface area contributed by atoms with Gasteiger partial charge in [0.15, 0.2) is 0 Å². The first-order chi connectivity index (χ1) is 9.45. The summed E-state index contributed by atoms with van der Waals surface area (Å²) < 4.78 is 5.46. The van der Waals surface area contributed by atoms with E-state index in [1.54, 1.807) is 19.9 Å². The summed E-state index contributed by atoms with van der Waals surface area (Å²) in [6, 6.07) is 3.19. The summed E-state index contributed by atoms with van der Waals surface area (Å²) in [6.45, 7) is 4.44. The lowest BCUT2D eigenvalue weighted by atomic mass is 10.2. The molecule has 0 atom stereocenters. The van der Waals surface area contributed by atoms with Crippen molar-refractivity contribution in [3.63, 3.8) is 0 Å². The van der Waals surface area contributed by atoms with E-state index in [1.165, 1.54) is 6.07 Å². The molecule has 0 bridgehead atoms. The first kappa shape index (κ1) is 16.4. The van der Waals surface area contributed by atoms with E-state index in [4.69, 9.17) is 4.74 Å². The summed E-state index contributed by atoms with van der Waals surface area (Å²) >= 11 is 3.30. The van der Waals surface area contributed by atoms with Crippen LogP contribution in [0.2, 0.25) is 0 Å². The molecule has 0 aliphatic heterocycles. The van der Waals surface area contributed by atoms with Gasteiger partial charge in [-0.25, -0.2) is 0 Å². The number of carbonyl (C=O) groups excluding carboxylic acids is 1. The van der Waals surface area contributed by atoms with E-state index >= 15 is 0 Å². The molecule has 0 amide bonds. The predicted octanol–water partition coefficient (Wildman–Crippen LogP) is 3.42. The van der Waals surface area contributed by atoms with Crippen LogP contribution in [0.1, 0.15) is 25.3 Å². The molecule has 6 nitrogen and oxygen atoms in total. The zero-order valence-electron chi connectivity index (χ0n) is 11.4. The lowest BCUT2D eigenvalue weighted by Gasteiger charge is -2.09. The van der Waals surface area contributed by atoms with Crippen LogP contribution in [0.5, 0.6) is 0 Å². The standard InChI is InChI=1S/C13H17BrN2O4/c1-3-20-13(17)5-4-6-15-11-7-9(2)12(16(18)19)8-10(11)14/h7-8,15H,3-6H2,1-2H3. The topological polar surface area (TPSA) is 81.5 Å². The number of carbonyl (C=O) groups is 1. The molecule has 0 spiro atoms. The van der Waals surface area contributed by atoms with Crippen LogP contribution in [-0.4, -0.2) is 24.0 Å². The fourth-order valence-corrected chi connectivity index (χ4v) is 2.16. The van der Waals surface area contributed by atoms with Crippen molar-refractivity contribution in [1.82, 2.24) is 0 Å². The Bertz CT molecular complexity index is 505. The van der Waals surface area contributed by atoms with Crippen LogP contribution in [0.4, 0.5) is 11.4 Å². The largest absolute Gasteiger partial charge is 0.466 e. The first-order valence-corrected chi connectivity index (χ1v) is 7.09. The number of ether oxygens (including phenoxy) is 1. The molecule has 0 heterocycles. The number of nitro groups is 1. The third-order valence-corrected chi connectivity index (χ3v) is 3.32. The maximum Gasteiger partial charge on any atom is 0.305 e. The molecule has 1 N–H and O–H groups in total. The number of nitrogens with one attached hydrogen (secondary N) is 1. The van der Waals surface area contributed by atoms with Crippen molar-refractivity contribution in [2.45, 2.75) is 26.7 Å². The minimum absolute atomic E-state index is 0.0777. The molecule has 0 radical (unpaired) electrons. The fraction of sp³-hybridized carbons (Fsp3) is 0.462. The summed E-state index contributed by atoms with van der Waals surface area (Å²) in [7, 11) is 0. The van der Waals surface area contributed by atoms with E-state index in [0.717, 1.165) is 5.69 Å². The lowest BCUT2D eigenvalue weighted by molar-refractivity contribution is -0.385. The number of nitro benzene ring substituents is 1. The van der Waals surface area contributed by atoms with Crippen molar-refractivity contribution in [2.75, 3.05) is 18.5 Å². The third-order valence-electron chi connectivity index (χ3n) is 2.66. The monoisotopic (exact) mass is 344 g/mol. The second-order valence-electron chi connectivity index (χ2n) is 4.21. The maximum atomic E-state index is 11.2. The molecular formula is C13H17BrN2O4. The Balaban J connectivity index is 2.55. The van der Waals surface area contributed by atoms with Crippen molar-refractivity contribution < 1.29 is 14.5 Å². The van der Waals surface area contributed by atoms with E-state index in [9.17, 15) is 14.9 Å². The summed E-state index contributed by atoms with van der Waals surface area (Å²) in [5, 5.41) is 13.9. The van der Waals surface area contributed by atoms with Gasteiger partial charge in [-0.3, -0.25) is 14.9 Å². The highest BCUT2D eigenvalue weighted by Gasteiger charge is 2.13. The number of benzene rings is 1. The maximum absolute atomic E-state index is 11.2. The molecule has 0 aliphatic rings. The molecule has 110 valence electrons. The van der Waals surface area contributed by atoms with Crippen LogP contribution in [0.15, 0.2) is 16.6 Å². The SMILES string of the molecule is CCOC(=O)CCCNc1cc(C)c([N+](=O)[O-])cc1Br. The Hall–Kier alpha value is -1.63. The van der Waals surface area contributed by atoms with Crippen LogP contribution >= 0.6 is 15.9 Å². The normalized spacial score (nSPS) is 10.2. The van der Waals surface area contributed by atoms with Gasteiger partial charge in [0, 0.05) is 34.8 Å². The highest BCUT2D eigenvalue weighted by molar-refractivity contribution is 9.10. The number of rotatable bonds is 7. The molecule has 1 aromatic rings. The highest BCUT2D eigenvalue weighted by Crippen LogP contribution is 2.30. The number of nitrogens with zero attached hydrogens (tertiary/aromatic N) is 1. The second kappa shape index (κ2) is 7.84. The van der Waals surface area contributed by atoms with E-state index in [-0.39, 0.29) is 11.7 Å². The number of aryl methyl sites for hydroxylation is 1. The molecule has 0 saturated heterocycles. The number of halogens is 1. The van der Waals surface area contributed by atoms with Crippen molar-refractivity contribution in [3.05, 3.63) is 32.3 Å². The van der Waals surface area contributed by atoms with Gasteiger partial charge in [-0.2, -0.15) is 0 Å². The third kappa shape index (κ3) is 4.80. The molecule has 0 unspecified atom stereocenters. The van der Waals surface area contributed by atoms with E-state index in [1.807, 2.05) is 0 Å². The van der Waals surface area contributed by atoms with Crippen LogP contribution in [0, 0.1) is 17.0 Å². The molecule has 0 aromatic heterocycles. The van der Waals surface area contributed by atoms with Crippen molar-refractivity contribution >= 4 is 33.3 Å². The van der Waals surface area contributed by atoms with Gasteiger partial charge in [0.05, 0.1) is 11.5 Å². The van der Waals surface area contributed by atoms with Gasteiger partial charge in [0.1, 0.15) is 0 Å². The average molecular weight is 345 g/mol. The van der Waals surface area contributed by atoms with Gasteiger partial charge in [0.25, 0.3) is 5.69 Å². The van der Waals surface area contributed by atoms with Crippen LogP contribution < -0.4 is 5.32 Å². The zero-order valence-corrected chi connectivity index (χ0v) is 13.0. The Kier molecular flexibility index (Phi) is 6.44. The van der Waals surface area contributed by atoms with E-state index < -0.39 is 4.92 Å². The Morgan fingerprint density at radius 1 is 1.50 bits per heavy atom. The number of hydrogen-bond acceptors (Lipinski definition) is 5. The fourth-order valence-electron chi connectivity index (χ4n) is 1.69. The van der Waals surface area contributed by atoms with Crippen molar-refractivity contribution in [2.24, 2.45) is 0 Å². The van der Waals surface area contributed by atoms with Crippen molar-refractivity contribution in [1.29, 1.82) is 0 Å². The van der Waals surface area contributed by atoms with Gasteiger partial charge in [-0.05, 0) is 42.3 Å². The zero-order chi connectivity index (χ0) is 15.1. The van der Waals surface area contributed by atoms with Gasteiger partial charge in [0.2, 0.25) is 0 Å². The highest BCUT2D eigenvalue weighted by atomic mass is 79.9. The molecule has 1 rings (SSSR count). The number of esters is 1. The quantitative estimate of drug-likeness (QED) is 0.354. The molecule has 1 aromatic carbocycles. The minimum atomic E-state index is -0.412. The average Bonchev–Trinajstić information content (AvgIpc) is 2.38. The molecule has 0 fully saturated rings. The Morgan fingerprint density at radius 3 is 2.80 bits per heavy atom. The Morgan fingerprint density at radius 2 is 2.20 bits per heavy atom. The van der Waals surface area contributed by atoms with Crippen LogP contribution in [-0.2, 0) is 9.53 Å². The van der Waals surface area contributed by atoms with Gasteiger partial charge < -0.3 is 10.1 Å². The predicted molar refractivity (Wildman–Crippen MR) is 79.9 cm³/mol. The smallest absolute Gasteiger partial charge is 0.305 e. The van der Waals surface area contributed by atoms with Crippen molar-refractivity contribution in [3.8, 4) is 0 Å².